The van der Waals surface area contributed by atoms with Crippen LogP contribution in [0.3, 0.4) is 0 Å². The number of benzene rings is 1. The van der Waals surface area contributed by atoms with Gasteiger partial charge in [0.25, 0.3) is 12.6 Å². The molecule has 2 N–H and O–H groups in total. The summed E-state index contributed by atoms with van der Waals surface area (Å²) in [5, 5.41) is 19.8. The molecular weight excluding hydrogens is 533 g/mol. The maximum absolute atomic E-state index is 13.2. The molecule has 206 valence electrons. The van der Waals surface area contributed by atoms with E-state index in [9.17, 15) is 24.6 Å². The summed E-state index contributed by atoms with van der Waals surface area (Å²) in [4.78, 5) is 40.8. The number of carboxylic acid groups (broad SMARTS) is 1. The molecule has 2 heterocycles. The number of halogens is 2. The number of nitrogens with zero attached hydrogens (tertiary/aromatic N) is 3. The fourth-order valence-corrected chi connectivity index (χ4v) is 5.56. The lowest BCUT2D eigenvalue weighted by Gasteiger charge is -2.43. The number of rotatable bonds is 8. The third-order valence-electron chi connectivity index (χ3n) is 7.08. The van der Waals surface area contributed by atoms with Crippen molar-refractivity contribution in [3.05, 3.63) is 64.9 Å². The molecule has 0 bridgehead atoms. The van der Waals surface area contributed by atoms with Crippen molar-refractivity contribution in [1.29, 1.82) is 0 Å². The number of carbonyl (C=O) groups is 3. The number of carboxylic acids is 1. The van der Waals surface area contributed by atoms with Crippen LogP contribution in [0.5, 0.6) is 0 Å². The van der Waals surface area contributed by atoms with E-state index in [0.717, 1.165) is 18.4 Å². The Morgan fingerprint density at radius 2 is 1.95 bits per heavy atom. The third-order valence-corrected chi connectivity index (χ3v) is 7.41. The number of carbonyl (C=O) groups excluding carboxylic acids is 2. The molecule has 1 aliphatic heterocycles. The van der Waals surface area contributed by atoms with Crippen molar-refractivity contribution < 1.29 is 33.9 Å². The number of amides is 1. The Bertz CT molecular complexity index is 1150. The van der Waals surface area contributed by atoms with Gasteiger partial charge in [-0.15, -0.1) is 11.6 Å². The van der Waals surface area contributed by atoms with Gasteiger partial charge < -0.3 is 19.8 Å². The summed E-state index contributed by atoms with van der Waals surface area (Å²) in [5.74, 6) is -1.48. The highest BCUT2D eigenvalue weighted by atomic mass is 35.5. The summed E-state index contributed by atoms with van der Waals surface area (Å²) in [7, 11) is 1.85. The molecule has 38 heavy (non-hydrogen) atoms. The first-order chi connectivity index (χ1) is 18.2. The first-order valence-electron chi connectivity index (χ1n) is 12.4. The van der Waals surface area contributed by atoms with E-state index in [1.54, 1.807) is 35.2 Å². The average Bonchev–Trinajstić information content (AvgIpc) is 3.32. The quantitative estimate of drug-likeness (QED) is 0.287. The largest absolute Gasteiger partial charge is 0.480 e. The number of aromatic nitrogens is 1. The van der Waals surface area contributed by atoms with Gasteiger partial charge in [-0.25, -0.2) is 4.79 Å². The smallest absolute Gasteiger partial charge is 0.326 e. The summed E-state index contributed by atoms with van der Waals surface area (Å²) >= 11 is 11.2. The number of Topliss-reactive ketones (excluding diaryl/α,β-unsaturated/α-hetero) is 1. The Morgan fingerprint density at radius 3 is 2.63 bits per heavy atom. The first kappa shape index (κ1) is 30.0. The lowest BCUT2D eigenvalue weighted by molar-refractivity contribution is -0.733. The number of aliphatic carboxylic acids is 1. The maximum atomic E-state index is 13.2. The summed E-state index contributed by atoms with van der Waals surface area (Å²) in [6.07, 6.45) is 6.83. The number of β-amino-alcohol motifs (C(OH)–C–C–N with tert-alkyl or cyclic N) is 1. The molecule has 1 saturated heterocycles. The number of alkyl halides is 1. The second-order valence-corrected chi connectivity index (χ2v) is 9.85. The summed E-state index contributed by atoms with van der Waals surface area (Å²) in [6.45, 7) is 0.245. The van der Waals surface area contributed by atoms with Gasteiger partial charge in [0, 0.05) is 36.9 Å². The van der Waals surface area contributed by atoms with Gasteiger partial charge in [0.2, 0.25) is 0 Å². The highest BCUT2D eigenvalue weighted by Gasteiger charge is 2.46. The topological polar surface area (TPSA) is 111 Å². The third kappa shape index (κ3) is 6.35. The SMILES string of the molecule is CCl.CN(COC[n+]1cccc(C(=O)N2C[C@@H](O)CC2C(=O)O)c1)C1(c2ccccc2Cl)CCCCC1=O. The molecule has 1 aromatic carbocycles. The van der Waals surface area contributed by atoms with Crippen LogP contribution in [-0.2, 0) is 26.6 Å². The van der Waals surface area contributed by atoms with Crippen LogP contribution in [-0.4, -0.2) is 76.5 Å². The number of aliphatic hydroxyl groups excluding tert-OH is 1. The van der Waals surface area contributed by atoms with Crippen molar-refractivity contribution in [2.45, 2.75) is 56.5 Å². The van der Waals surface area contributed by atoms with Crippen molar-refractivity contribution in [2.24, 2.45) is 0 Å². The monoisotopic (exact) mass is 566 g/mol. The second kappa shape index (κ2) is 13.5. The van der Waals surface area contributed by atoms with Gasteiger partial charge in [-0.2, -0.15) is 4.57 Å². The predicted molar refractivity (Wildman–Crippen MR) is 142 cm³/mol. The molecule has 1 aromatic heterocycles. The Kier molecular flexibility index (Phi) is 10.6. The molecule has 1 aliphatic carbocycles. The molecule has 4 rings (SSSR count). The zero-order chi connectivity index (χ0) is 27.9. The van der Waals surface area contributed by atoms with Crippen molar-refractivity contribution >= 4 is 40.9 Å². The van der Waals surface area contributed by atoms with Crippen molar-refractivity contribution in [2.75, 3.05) is 26.7 Å². The van der Waals surface area contributed by atoms with E-state index in [1.807, 2.05) is 30.1 Å². The van der Waals surface area contributed by atoms with E-state index < -0.39 is 29.6 Å². The minimum Gasteiger partial charge on any atom is -0.480 e. The molecule has 1 saturated carbocycles. The van der Waals surface area contributed by atoms with Crippen LogP contribution in [0.2, 0.25) is 5.02 Å². The Labute approximate surface area is 232 Å². The molecule has 2 fully saturated rings. The van der Waals surface area contributed by atoms with Gasteiger partial charge in [-0.3, -0.25) is 14.5 Å². The Balaban J connectivity index is 0.00000195. The van der Waals surface area contributed by atoms with Gasteiger partial charge in [-0.1, -0.05) is 36.2 Å². The van der Waals surface area contributed by atoms with E-state index in [4.69, 9.17) is 16.3 Å². The fourth-order valence-electron chi connectivity index (χ4n) is 5.26. The maximum Gasteiger partial charge on any atom is 0.326 e. The molecule has 11 heteroatoms. The first-order valence-corrected chi connectivity index (χ1v) is 13.5. The van der Waals surface area contributed by atoms with Crippen LogP contribution in [0.4, 0.5) is 0 Å². The van der Waals surface area contributed by atoms with Crippen LogP contribution >= 0.6 is 23.2 Å². The number of pyridine rings is 1. The van der Waals surface area contributed by atoms with Gasteiger partial charge in [0.05, 0.1) is 6.10 Å². The number of likely N-dealkylation sites (N-methyl/N-ethyl adjacent to an activating group) is 1. The lowest BCUT2D eigenvalue weighted by atomic mass is 9.74. The predicted octanol–water partition coefficient (Wildman–Crippen LogP) is 3.04. The van der Waals surface area contributed by atoms with Gasteiger partial charge in [-0.05, 0) is 37.6 Å². The van der Waals surface area contributed by atoms with Crippen LogP contribution in [0.15, 0.2) is 48.8 Å². The van der Waals surface area contributed by atoms with Gasteiger partial charge in [0.15, 0.2) is 18.2 Å². The van der Waals surface area contributed by atoms with E-state index >= 15 is 0 Å². The van der Waals surface area contributed by atoms with Gasteiger partial charge >= 0.3 is 5.97 Å². The second-order valence-electron chi connectivity index (χ2n) is 9.44. The number of hydrogen-bond donors (Lipinski definition) is 2. The average molecular weight is 567 g/mol. The lowest BCUT2D eigenvalue weighted by Crippen LogP contribution is -2.53. The minimum atomic E-state index is -1.14. The van der Waals surface area contributed by atoms with Crippen LogP contribution in [0, 0.1) is 0 Å². The van der Waals surface area contributed by atoms with E-state index in [2.05, 4.69) is 11.6 Å². The van der Waals surface area contributed by atoms with Crippen molar-refractivity contribution in [3.8, 4) is 0 Å². The zero-order valence-corrected chi connectivity index (χ0v) is 23.1. The Hall–Kier alpha value is -2.56. The highest BCUT2D eigenvalue weighted by molar-refractivity contribution is 6.31. The number of ether oxygens (including phenoxy) is 1. The van der Waals surface area contributed by atoms with Crippen molar-refractivity contribution in [3.63, 3.8) is 0 Å². The summed E-state index contributed by atoms with van der Waals surface area (Å²) < 4.78 is 7.62. The molecule has 1 amide bonds. The Morgan fingerprint density at radius 1 is 1.21 bits per heavy atom. The van der Waals surface area contributed by atoms with Gasteiger partial charge in [0.1, 0.15) is 23.9 Å². The molecule has 9 nitrogen and oxygen atoms in total. The number of likely N-dealkylation sites (tertiary alicyclic amines) is 1. The summed E-state index contributed by atoms with van der Waals surface area (Å²) in [6, 6.07) is 9.63. The molecule has 2 aliphatic rings. The molecule has 0 spiro atoms. The van der Waals surface area contributed by atoms with E-state index in [1.165, 1.54) is 11.3 Å². The zero-order valence-electron chi connectivity index (χ0n) is 21.6. The number of aliphatic hydroxyl groups is 1. The molecule has 2 aromatic rings. The molecular formula is C27H34Cl2N3O6+. The molecule has 2 unspecified atom stereocenters. The minimum absolute atomic E-state index is 0.00918. The number of ketones is 1. The normalized spacial score (nSPS) is 23.2. The highest BCUT2D eigenvalue weighted by Crippen LogP contribution is 2.42. The standard InChI is InChI=1S/C26H30ClN3O6.CH3Cl/c1-28(26(11-5-4-10-23(26)32)20-8-2-3-9-21(20)27)16-36-17-29-12-6-7-18(14-29)24(33)30-15-19(31)13-22(30)25(34)35;1-2/h2-3,6-9,12,14,19,22,31H,4-5,10-11,13,15-17H2,1H3;1H3/p+1/t19-,22?,26?;/m0./s1. The van der Waals surface area contributed by atoms with E-state index in [-0.39, 0.29) is 32.2 Å². The van der Waals surface area contributed by atoms with Crippen LogP contribution in [0.1, 0.15) is 48.0 Å². The van der Waals surface area contributed by atoms with E-state index in [0.29, 0.717) is 23.4 Å². The van der Waals surface area contributed by atoms with Crippen LogP contribution in [0.25, 0.3) is 0 Å². The summed E-state index contributed by atoms with van der Waals surface area (Å²) in [5.41, 5.74) is 0.218. The molecule has 0 radical (unpaired) electrons. The van der Waals surface area contributed by atoms with Crippen LogP contribution < -0.4 is 4.57 Å². The van der Waals surface area contributed by atoms with Crippen molar-refractivity contribution in [1.82, 2.24) is 9.80 Å². The number of hydrogen-bond acceptors (Lipinski definition) is 6. The molecule has 3 atom stereocenters. The fraction of sp³-hybridized carbons (Fsp3) is 0.481.